The van der Waals surface area contributed by atoms with Crippen molar-refractivity contribution in [3.05, 3.63) is 71.8 Å². The number of allylic oxidation sites excluding steroid dienone is 1. The fourth-order valence-electron chi connectivity index (χ4n) is 3.36. The maximum atomic E-state index is 6.76. The van der Waals surface area contributed by atoms with Crippen molar-refractivity contribution in [2.45, 2.75) is 45.6 Å². The molecule has 0 atom stereocenters. The number of hydrogen-bond acceptors (Lipinski definition) is 1. The lowest BCUT2D eigenvalue weighted by molar-refractivity contribution is 0.338. The second kappa shape index (κ2) is 8.84. The molecule has 0 radical (unpaired) electrons. The molecule has 0 aliphatic carbocycles. The molecule has 0 saturated heterocycles. The van der Waals surface area contributed by atoms with E-state index in [9.17, 15) is 0 Å². The van der Waals surface area contributed by atoms with Crippen molar-refractivity contribution < 1.29 is 4.43 Å². The standard InChI is InChI=1S/C22H29ClOSi/c1-5-12-19(23)17-18-24-25(22(2,3)4,20-13-8-6-9-14-20)21-15-10-7-11-16-21/h6-11,13-17H,5,12,18H2,1-4H3/b19-17+. The van der Waals surface area contributed by atoms with E-state index in [4.69, 9.17) is 16.0 Å². The van der Waals surface area contributed by atoms with Crippen LogP contribution in [0.1, 0.15) is 40.5 Å². The first-order chi connectivity index (χ1) is 11.9. The van der Waals surface area contributed by atoms with E-state index in [2.05, 4.69) is 88.4 Å². The molecule has 1 nitrogen and oxygen atoms in total. The fourth-order valence-corrected chi connectivity index (χ4v) is 8.10. The molecule has 0 N–H and O–H groups in total. The van der Waals surface area contributed by atoms with Gasteiger partial charge in [-0.05, 0) is 27.9 Å². The highest BCUT2D eigenvalue weighted by Gasteiger charge is 2.49. The summed E-state index contributed by atoms with van der Waals surface area (Å²) in [5.41, 5.74) is 0. The molecule has 0 heterocycles. The van der Waals surface area contributed by atoms with Crippen LogP contribution in [0.4, 0.5) is 0 Å². The molecule has 0 aliphatic heterocycles. The second-order valence-electron chi connectivity index (χ2n) is 7.38. The molecule has 0 fully saturated rings. The van der Waals surface area contributed by atoms with E-state index < -0.39 is 8.32 Å². The highest BCUT2D eigenvalue weighted by molar-refractivity contribution is 6.99. The zero-order chi connectivity index (χ0) is 18.3. The van der Waals surface area contributed by atoms with Crippen LogP contribution >= 0.6 is 11.6 Å². The first-order valence-electron chi connectivity index (χ1n) is 9.01. The van der Waals surface area contributed by atoms with Crippen LogP contribution in [0.2, 0.25) is 5.04 Å². The molecule has 0 saturated carbocycles. The van der Waals surface area contributed by atoms with Crippen molar-refractivity contribution in [3.8, 4) is 0 Å². The number of halogens is 1. The molecule has 134 valence electrons. The summed E-state index contributed by atoms with van der Waals surface area (Å²) in [5.74, 6) is 0. The first kappa shape index (κ1) is 20.0. The molecule has 3 heteroatoms. The monoisotopic (exact) mass is 372 g/mol. The van der Waals surface area contributed by atoms with Crippen LogP contribution in [0.25, 0.3) is 0 Å². The average Bonchev–Trinajstić information content (AvgIpc) is 2.59. The Bertz CT molecular complexity index is 635. The summed E-state index contributed by atoms with van der Waals surface area (Å²) in [5, 5.41) is 3.49. The van der Waals surface area contributed by atoms with E-state index in [0.717, 1.165) is 17.9 Å². The molecule has 0 amide bonds. The van der Waals surface area contributed by atoms with Crippen molar-refractivity contribution >= 4 is 30.3 Å². The summed E-state index contributed by atoms with van der Waals surface area (Å²) in [4.78, 5) is 0. The lowest BCUT2D eigenvalue weighted by Crippen LogP contribution is -2.66. The minimum absolute atomic E-state index is 0.000773. The smallest absolute Gasteiger partial charge is 0.261 e. The predicted molar refractivity (Wildman–Crippen MR) is 112 cm³/mol. The molecule has 25 heavy (non-hydrogen) atoms. The van der Waals surface area contributed by atoms with Crippen molar-refractivity contribution in [3.63, 3.8) is 0 Å². The van der Waals surface area contributed by atoms with Gasteiger partial charge < -0.3 is 4.43 Å². The molecule has 2 rings (SSSR count). The molecule has 0 aliphatic rings. The Morgan fingerprint density at radius 1 is 0.960 bits per heavy atom. The van der Waals surface area contributed by atoms with E-state index in [1.807, 2.05) is 6.08 Å². The lowest BCUT2D eigenvalue weighted by Gasteiger charge is -2.42. The van der Waals surface area contributed by atoms with Gasteiger partial charge in [-0.15, -0.1) is 0 Å². The molecular formula is C22H29ClOSi. The Hall–Kier alpha value is -1.35. The van der Waals surface area contributed by atoms with Gasteiger partial charge >= 0.3 is 0 Å². The van der Waals surface area contributed by atoms with Crippen molar-refractivity contribution in [1.82, 2.24) is 0 Å². The minimum Gasteiger partial charge on any atom is -0.404 e. The molecule has 0 spiro atoms. The Morgan fingerprint density at radius 2 is 1.44 bits per heavy atom. The van der Waals surface area contributed by atoms with Gasteiger partial charge in [0.2, 0.25) is 0 Å². The van der Waals surface area contributed by atoms with Gasteiger partial charge in [-0.2, -0.15) is 0 Å². The van der Waals surface area contributed by atoms with Crippen molar-refractivity contribution in [2.75, 3.05) is 6.61 Å². The van der Waals surface area contributed by atoms with E-state index >= 15 is 0 Å². The third kappa shape index (κ3) is 4.63. The Labute approximate surface area is 158 Å². The van der Waals surface area contributed by atoms with Gasteiger partial charge in [0, 0.05) is 5.03 Å². The van der Waals surface area contributed by atoms with Gasteiger partial charge in [0.05, 0.1) is 6.61 Å². The Kier molecular flexibility index (Phi) is 7.06. The van der Waals surface area contributed by atoms with Gasteiger partial charge in [0.15, 0.2) is 0 Å². The van der Waals surface area contributed by atoms with E-state index in [0.29, 0.717) is 6.61 Å². The highest BCUT2D eigenvalue weighted by atomic mass is 35.5. The predicted octanol–water partition coefficient (Wildman–Crippen LogP) is 5.49. The zero-order valence-corrected chi connectivity index (χ0v) is 17.5. The summed E-state index contributed by atoms with van der Waals surface area (Å²) < 4.78 is 6.76. The van der Waals surface area contributed by atoms with Crippen LogP contribution < -0.4 is 10.4 Å². The highest BCUT2D eigenvalue weighted by Crippen LogP contribution is 2.36. The summed E-state index contributed by atoms with van der Waals surface area (Å²) in [7, 11) is -2.44. The van der Waals surface area contributed by atoms with Gasteiger partial charge in [-0.25, -0.2) is 0 Å². The number of benzene rings is 2. The van der Waals surface area contributed by atoms with Crippen LogP contribution in [0, 0.1) is 0 Å². The maximum Gasteiger partial charge on any atom is 0.261 e. The largest absolute Gasteiger partial charge is 0.404 e. The van der Waals surface area contributed by atoms with Crippen LogP contribution in [-0.4, -0.2) is 14.9 Å². The third-order valence-electron chi connectivity index (χ3n) is 4.51. The second-order valence-corrected chi connectivity index (χ2v) is 12.2. The van der Waals surface area contributed by atoms with Gasteiger partial charge in [0.1, 0.15) is 0 Å². The van der Waals surface area contributed by atoms with E-state index in [1.54, 1.807) is 0 Å². The molecule has 0 aromatic heterocycles. The summed E-state index contributed by atoms with van der Waals surface area (Å²) in [6.45, 7) is 9.55. The van der Waals surface area contributed by atoms with Gasteiger partial charge in [0.25, 0.3) is 8.32 Å². The topological polar surface area (TPSA) is 9.23 Å². The molecular weight excluding hydrogens is 344 g/mol. The van der Waals surface area contributed by atoms with E-state index in [-0.39, 0.29) is 5.04 Å². The van der Waals surface area contributed by atoms with Gasteiger partial charge in [-0.3, -0.25) is 0 Å². The quantitative estimate of drug-likeness (QED) is 0.584. The van der Waals surface area contributed by atoms with Crippen molar-refractivity contribution in [2.24, 2.45) is 0 Å². The first-order valence-corrected chi connectivity index (χ1v) is 11.3. The lowest BCUT2D eigenvalue weighted by atomic mass is 10.2. The number of hydrogen-bond donors (Lipinski definition) is 0. The minimum atomic E-state index is -2.44. The Morgan fingerprint density at radius 3 is 1.84 bits per heavy atom. The molecule has 2 aromatic carbocycles. The van der Waals surface area contributed by atoms with Crippen molar-refractivity contribution in [1.29, 1.82) is 0 Å². The molecule has 2 aromatic rings. The summed E-state index contributed by atoms with van der Waals surface area (Å²) in [6, 6.07) is 21.4. The maximum absolute atomic E-state index is 6.76. The van der Waals surface area contributed by atoms with E-state index in [1.165, 1.54) is 10.4 Å². The number of rotatable bonds is 7. The Balaban J connectivity index is 2.51. The summed E-state index contributed by atoms with van der Waals surface area (Å²) in [6.07, 6.45) is 3.99. The average molecular weight is 373 g/mol. The normalized spacial score (nSPS) is 13.1. The van der Waals surface area contributed by atoms with Crippen LogP contribution in [0.5, 0.6) is 0 Å². The third-order valence-corrected chi connectivity index (χ3v) is 9.86. The molecule has 0 unspecified atom stereocenters. The van der Waals surface area contributed by atoms with Crippen LogP contribution in [-0.2, 0) is 4.43 Å². The summed E-state index contributed by atoms with van der Waals surface area (Å²) >= 11 is 6.31. The van der Waals surface area contributed by atoms with Gasteiger partial charge in [-0.1, -0.05) is 106 Å². The fraction of sp³-hybridized carbons (Fsp3) is 0.364. The SMILES string of the molecule is CCC/C(Cl)=C\CO[Si](c1ccccc1)(c1ccccc1)C(C)(C)C. The molecule has 0 bridgehead atoms. The van der Waals surface area contributed by atoms with Crippen LogP contribution in [0.3, 0.4) is 0 Å². The van der Waals surface area contributed by atoms with Crippen LogP contribution in [0.15, 0.2) is 71.8 Å². The zero-order valence-electron chi connectivity index (χ0n) is 15.8.